The molecule has 2 aromatic carbocycles. The van der Waals surface area contributed by atoms with Gasteiger partial charge < -0.3 is 25.2 Å². The number of aromatic hydroxyl groups is 1. The predicted octanol–water partition coefficient (Wildman–Crippen LogP) is 6.25. The zero-order valence-electron chi connectivity index (χ0n) is 26.8. The van der Waals surface area contributed by atoms with E-state index in [2.05, 4.69) is 19.9 Å². The van der Waals surface area contributed by atoms with Crippen LogP contribution in [0.4, 0.5) is 29.2 Å². The Labute approximate surface area is 278 Å². The molecule has 3 aromatic heterocycles. The predicted molar refractivity (Wildman–Crippen MR) is 175 cm³/mol. The maximum atomic E-state index is 17.0. The molecule has 49 heavy (non-hydrogen) atoms. The van der Waals surface area contributed by atoms with E-state index in [1.807, 2.05) is 17.9 Å². The number of halogens is 4. The van der Waals surface area contributed by atoms with E-state index in [9.17, 15) is 13.9 Å². The van der Waals surface area contributed by atoms with E-state index in [1.54, 1.807) is 19.2 Å². The van der Waals surface area contributed by atoms with Crippen molar-refractivity contribution in [3.63, 3.8) is 0 Å². The summed E-state index contributed by atoms with van der Waals surface area (Å²) in [4.78, 5) is 22.0. The number of ether oxygens (including phenoxy) is 2. The third-order valence-electron chi connectivity index (χ3n) is 10.0. The van der Waals surface area contributed by atoms with Gasteiger partial charge in [0, 0.05) is 35.7 Å². The highest BCUT2D eigenvalue weighted by Crippen LogP contribution is 2.45. The second kappa shape index (κ2) is 11.6. The Kier molecular flexibility index (Phi) is 7.39. The summed E-state index contributed by atoms with van der Waals surface area (Å²) in [5.74, 6) is -3.15. The summed E-state index contributed by atoms with van der Waals surface area (Å²) in [6, 6.07) is 7.60. The SMILES string of the molecule is C[C@H](c1cccnc1N)N1C[C@H](C)Oc2nc(-c3cc(O)cc4ccc(F)c(F)c34)c(F)c3nc(OC[C@@]45CCCN4C[C@H](F)C5)nc1c23. The fraction of sp³-hybridized carbons (Fsp3) is 0.371. The normalized spacial score (nSPS) is 22.7. The molecular weight excluding hydrogens is 642 g/mol. The maximum absolute atomic E-state index is 17.0. The van der Waals surface area contributed by atoms with Crippen LogP contribution in [0, 0.1) is 17.5 Å². The Morgan fingerprint density at radius 1 is 1.10 bits per heavy atom. The van der Waals surface area contributed by atoms with Gasteiger partial charge in [0.2, 0.25) is 5.88 Å². The van der Waals surface area contributed by atoms with Crippen LogP contribution in [-0.4, -0.2) is 74.0 Å². The molecule has 10 nitrogen and oxygen atoms in total. The number of benzene rings is 2. The lowest BCUT2D eigenvalue weighted by Crippen LogP contribution is -2.43. The summed E-state index contributed by atoms with van der Waals surface area (Å²) in [6.07, 6.45) is 2.01. The summed E-state index contributed by atoms with van der Waals surface area (Å²) in [5, 5.41) is 10.5. The molecule has 0 unspecified atom stereocenters. The fourth-order valence-corrected chi connectivity index (χ4v) is 7.74. The molecule has 254 valence electrons. The van der Waals surface area contributed by atoms with E-state index >= 15 is 8.78 Å². The fourth-order valence-electron chi connectivity index (χ4n) is 7.74. The number of aromatic nitrogens is 4. The largest absolute Gasteiger partial charge is 0.508 e. The first-order valence-corrected chi connectivity index (χ1v) is 16.2. The van der Waals surface area contributed by atoms with Crippen LogP contribution in [-0.2, 0) is 0 Å². The number of alkyl halides is 1. The average Bonchev–Trinajstić information content (AvgIpc) is 3.55. The molecule has 0 amide bonds. The monoisotopic (exact) mass is 675 g/mol. The zero-order chi connectivity index (χ0) is 34.2. The molecule has 2 fully saturated rings. The van der Waals surface area contributed by atoms with Crippen LogP contribution in [0.3, 0.4) is 0 Å². The van der Waals surface area contributed by atoms with Crippen molar-refractivity contribution < 1.29 is 32.1 Å². The van der Waals surface area contributed by atoms with Gasteiger partial charge in [-0.25, -0.2) is 27.5 Å². The summed E-state index contributed by atoms with van der Waals surface area (Å²) in [5.41, 5.74) is 5.59. The Morgan fingerprint density at radius 2 is 1.94 bits per heavy atom. The number of nitrogen functional groups attached to an aromatic ring is 1. The molecule has 3 N–H and O–H groups in total. The van der Waals surface area contributed by atoms with E-state index in [4.69, 9.17) is 20.2 Å². The molecule has 2 saturated heterocycles. The topological polar surface area (TPSA) is 123 Å². The second-order valence-corrected chi connectivity index (χ2v) is 13.2. The van der Waals surface area contributed by atoms with Crippen molar-refractivity contribution in [2.75, 3.05) is 36.9 Å². The van der Waals surface area contributed by atoms with Crippen molar-refractivity contribution in [3.8, 4) is 28.9 Å². The summed E-state index contributed by atoms with van der Waals surface area (Å²) in [6.45, 7) is 5.13. The Bertz CT molecular complexity index is 2140. The number of anilines is 2. The van der Waals surface area contributed by atoms with Crippen molar-refractivity contribution in [1.82, 2.24) is 24.8 Å². The highest BCUT2D eigenvalue weighted by molar-refractivity contribution is 6.02. The highest BCUT2D eigenvalue weighted by Gasteiger charge is 2.49. The Hall–Kier alpha value is -4.98. The number of nitrogens with zero attached hydrogens (tertiary/aromatic N) is 6. The lowest BCUT2D eigenvalue weighted by Gasteiger charge is -2.32. The minimum Gasteiger partial charge on any atom is -0.508 e. The third-order valence-corrected chi connectivity index (χ3v) is 10.0. The molecule has 8 rings (SSSR count). The quantitative estimate of drug-likeness (QED) is 0.200. The first-order valence-electron chi connectivity index (χ1n) is 16.2. The van der Waals surface area contributed by atoms with Crippen molar-refractivity contribution >= 4 is 33.3 Å². The third kappa shape index (κ3) is 5.11. The van der Waals surface area contributed by atoms with Crippen LogP contribution in [0.25, 0.3) is 32.9 Å². The number of hydrogen-bond donors (Lipinski definition) is 2. The standard InChI is InChI=1S/C35H33F4N7O3/c1-17-14-46(18(2)22-5-3-9-41-31(22)40)32-26-30(43-34(44-32)48-16-35-8-4-10-45(35)15-20(36)13-35)28(39)29(42-33(26)49-17)23-12-21(47)11-19-6-7-24(37)27(38)25(19)23/h3,5-7,9,11-12,17-18,20,47H,4,8,10,13-16H2,1-2H3,(H2,40,41)/t17-,18+,20+,35-/m0/s1. The highest BCUT2D eigenvalue weighted by atomic mass is 19.2. The van der Waals surface area contributed by atoms with Crippen LogP contribution in [0.15, 0.2) is 42.6 Å². The van der Waals surface area contributed by atoms with Gasteiger partial charge in [-0.3, -0.25) is 4.90 Å². The van der Waals surface area contributed by atoms with Gasteiger partial charge in [-0.05, 0) is 62.9 Å². The summed E-state index contributed by atoms with van der Waals surface area (Å²) < 4.78 is 74.0. The minimum atomic E-state index is -1.22. The summed E-state index contributed by atoms with van der Waals surface area (Å²) >= 11 is 0. The molecule has 4 atom stereocenters. The van der Waals surface area contributed by atoms with Gasteiger partial charge in [0.05, 0.1) is 18.1 Å². The van der Waals surface area contributed by atoms with Crippen LogP contribution in [0.2, 0.25) is 0 Å². The van der Waals surface area contributed by atoms with Crippen molar-refractivity contribution in [1.29, 1.82) is 0 Å². The van der Waals surface area contributed by atoms with Crippen molar-refractivity contribution in [2.24, 2.45) is 0 Å². The molecule has 0 radical (unpaired) electrons. The number of phenolic OH excluding ortho intramolecular Hbond substituents is 1. The molecule has 0 bridgehead atoms. The Morgan fingerprint density at radius 3 is 2.76 bits per heavy atom. The van der Waals surface area contributed by atoms with Gasteiger partial charge in [-0.1, -0.05) is 12.1 Å². The van der Waals surface area contributed by atoms with Crippen molar-refractivity contribution in [3.05, 3.63) is 65.6 Å². The lowest BCUT2D eigenvalue weighted by atomic mass is 9.95. The van der Waals surface area contributed by atoms with E-state index in [0.717, 1.165) is 31.5 Å². The molecule has 3 aliphatic rings. The average molecular weight is 676 g/mol. The maximum Gasteiger partial charge on any atom is 0.319 e. The number of nitrogens with two attached hydrogens (primary N) is 1. The number of pyridine rings is 2. The van der Waals surface area contributed by atoms with Crippen LogP contribution in [0.5, 0.6) is 17.6 Å². The van der Waals surface area contributed by atoms with Gasteiger partial charge >= 0.3 is 6.01 Å². The molecule has 0 aliphatic carbocycles. The van der Waals surface area contributed by atoms with Gasteiger partial charge in [-0.15, -0.1) is 0 Å². The second-order valence-electron chi connectivity index (χ2n) is 13.2. The molecule has 0 saturated carbocycles. The molecule has 0 spiro atoms. The zero-order valence-corrected chi connectivity index (χ0v) is 26.8. The molecular formula is C35H33F4N7O3. The number of rotatable bonds is 6. The van der Waals surface area contributed by atoms with E-state index < -0.39 is 47.0 Å². The van der Waals surface area contributed by atoms with Gasteiger partial charge in [0.15, 0.2) is 17.5 Å². The van der Waals surface area contributed by atoms with Gasteiger partial charge in [0.1, 0.15) is 52.9 Å². The number of hydrogen-bond acceptors (Lipinski definition) is 10. The van der Waals surface area contributed by atoms with Crippen LogP contribution >= 0.6 is 0 Å². The summed E-state index contributed by atoms with van der Waals surface area (Å²) in [7, 11) is 0. The van der Waals surface area contributed by atoms with Crippen LogP contribution in [0.1, 0.15) is 44.7 Å². The first kappa shape index (κ1) is 31.3. The Balaban J connectivity index is 1.35. The number of fused-ring (bicyclic) bond motifs is 2. The molecule has 5 aromatic rings. The first-order chi connectivity index (χ1) is 23.5. The minimum absolute atomic E-state index is 0.0424. The lowest BCUT2D eigenvalue weighted by molar-refractivity contribution is 0.107. The van der Waals surface area contributed by atoms with Gasteiger partial charge in [-0.2, -0.15) is 9.97 Å². The molecule has 6 heterocycles. The van der Waals surface area contributed by atoms with E-state index in [1.165, 1.54) is 12.1 Å². The van der Waals surface area contributed by atoms with Gasteiger partial charge in [0.25, 0.3) is 0 Å². The van der Waals surface area contributed by atoms with Crippen molar-refractivity contribution in [2.45, 2.75) is 57.0 Å². The number of phenols is 1. The van der Waals surface area contributed by atoms with E-state index in [-0.39, 0.29) is 63.8 Å². The molecule has 3 aliphatic heterocycles. The van der Waals surface area contributed by atoms with E-state index in [0.29, 0.717) is 24.3 Å². The van der Waals surface area contributed by atoms with Crippen LogP contribution < -0.4 is 20.1 Å². The molecule has 14 heteroatoms. The smallest absolute Gasteiger partial charge is 0.319 e.